The van der Waals surface area contributed by atoms with E-state index in [-0.39, 0.29) is 16.8 Å². The van der Waals surface area contributed by atoms with Crippen molar-refractivity contribution < 1.29 is 14.1 Å². The zero-order chi connectivity index (χ0) is 17.5. The molecule has 1 aromatic rings. The zero-order valence-electron chi connectivity index (χ0n) is 14.3. The highest BCUT2D eigenvalue weighted by Crippen LogP contribution is 2.17. The summed E-state index contributed by atoms with van der Waals surface area (Å²) in [6.45, 7) is 7.95. The van der Waals surface area contributed by atoms with Crippen molar-refractivity contribution in [2.75, 3.05) is 12.3 Å². The van der Waals surface area contributed by atoms with Gasteiger partial charge in [0.1, 0.15) is 0 Å². The molecule has 6 heteroatoms. The van der Waals surface area contributed by atoms with Crippen molar-refractivity contribution in [3.05, 3.63) is 35.9 Å². The van der Waals surface area contributed by atoms with Gasteiger partial charge in [-0.15, -0.1) is 0 Å². The van der Waals surface area contributed by atoms with Crippen molar-refractivity contribution in [2.24, 2.45) is 0 Å². The molecule has 0 spiro atoms. The summed E-state index contributed by atoms with van der Waals surface area (Å²) in [5, 5.41) is 15.6. The summed E-state index contributed by atoms with van der Waals surface area (Å²) in [5.74, 6) is 0.429. The molecule has 23 heavy (non-hydrogen) atoms. The average molecular weight is 340 g/mol. The van der Waals surface area contributed by atoms with E-state index in [9.17, 15) is 14.1 Å². The number of nitrogens with one attached hydrogen (secondary N) is 2. The molecule has 0 aliphatic carbocycles. The summed E-state index contributed by atoms with van der Waals surface area (Å²) in [4.78, 5) is 11.8. The Morgan fingerprint density at radius 3 is 2.43 bits per heavy atom. The topological polar surface area (TPSA) is 78.4 Å². The first-order valence-corrected chi connectivity index (χ1v) is 9.18. The molecule has 0 fully saturated rings. The summed E-state index contributed by atoms with van der Waals surface area (Å²) in [6.07, 6.45) is -0.175. The molecule has 0 bridgehead atoms. The van der Waals surface area contributed by atoms with Gasteiger partial charge in [-0.05, 0) is 39.7 Å². The highest BCUT2D eigenvalue weighted by molar-refractivity contribution is 7.86. The Balaban J connectivity index is 2.30. The Morgan fingerprint density at radius 1 is 1.26 bits per heavy atom. The van der Waals surface area contributed by atoms with Crippen LogP contribution in [0, 0.1) is 0 Å². The smallest absolute Gasteiger partial charge is 0.315 e. The second kappa shape index (κ2) is 9.03. The molecule has 2 amide bonds. The third-order valence-electron chi connectivity index (χ3n) is 3.39. The van der Waals surface area contributed by atoms with Gasteiger partial charge in [-0.3, -0.25) is 4.21 Å². The molecule has 3 N–H and O–H groups in total. The van der Waals surface area contributed by atoms with E-state index >= 15 is 0 Å². The van der Waals surface area contributed by atoms with Crippen LogP contribution in [0.5, 0.6) is 0 Å². The first-order valence-electron chi connectivity index (χ1n) is 7.86. The number of carbonyl (C=O) groups excluding carboxylic acids is 1. The quantitative estimate of drug-likeness (QED) is 0.713. The summed E-state index contributed by atoms with van der Waals surface area (Å²) >= 11 is 0. The van der Waals surface area contributed by atoms with Gasteiger partial charge >= 0.3 is 6.03 Å². The molecule has 3 atom stereocenters. The first-order chi connectivity index (χ1) is 10.7. The van der Waals surface area contributed by atoms with Crippen LogP contribution in [0.4, 0.5) is 4.79 Å². The van der Waals surface area contributed by atoms with Gasteiger partial charge in [0.15, 0.2) is 0 Å². The number of amides is 2. The normalized spacial score (nSPS) is 15.5. The van der Waals surface area contributed by atoms with Crippen LogP contribution in [0.1, 0.15) is 45.8 Å². The number of aliphatic hydroxyl groups is 1. The summed E-state index contributed by atoms with van der Waals surface area (Å²) in [7, 11) is -0.983. The molecule has 0 aliphatic heterocycles. The number of urea groups is 1. The van der Waals surface area contributed by atoms with Gasteiger partial charge in [-0.2, -0.15) is 0 Å². The molecule has 130 valence electrons. The minimum Gasteiger partial charge on any atom is -0.388 e. The fourth-order valence-corrected chi connectivity index (χ4v) is 2.94. The van der Waals surface area contributed by atoms with Crippen LogP contribution in [0.2, 0.25) is 0 Å². The second-order valence-electron chi connectivity index (χ2n) is 6.63. The SMILES string of the molecule is CC(CC(O)c1ccccc1)NC(=O)NCCS(=O)C(C)(C)C. The third kappa shape index (κ3) is 7.61. The average Bonchev–Trinajstić information content (AvgIpc) is 2.46. The number of benzene rings is 1. The van der Waals surface area contributed by atoms with E-state index in [1.165, 1.54) is 0 Å². The fourth-order valence-electron chi connectivity index (χ4n) is 2.04. The first kappa shape index (κ1) is 19.6. The van der Waals surface area contributed by atoms with Gasteiger partial charge in [-0.1, -0.05) is 30.3 Å². The van der Waals surface area contributed by atoms with E-state index in [1.807, 2.05) is 58.0 Å². The molecule has 0 saturated heterocycles. The monoisotopic (exact) mass is 340 g/mol. The molecular formula is C17H28N2O3S. The number of hydrogen-bond acceptors (Lipinski definition) is 3. The standard InChI is InChI=1S/C17H28N2O3S/c1-13(12-15(20)14-8-6-5-7-9-14)19-16(21)18-10-11-23(22)17(2,3)4/h5-9,13,15,20H,10-12H2,1-4H3,(H2,18,19,21). The third-order valence-corrected chi connectivity index (χ3v) is 5.34. The van der Waals surface area contributed by atoms with Crippen LogP contribution in [-0.4, -0.2) is 38.4 Å². The highest BCUT2D eigenvalue weighted by Gasteiger charge is 2.19. The number of rotatable bonds is 7. The van der Waals surface area contributed by atoms with Crippen LogP contribution in [0.25, 0.3) is 0 Å². The van der Waals surface area contributed by atoms with Crippen molar-refractivity contribution in [3.63, 3.8) is 0 Å². The van der Waals surface area contributed by atoms with Crippen molar-refractivity contribution in [3.8, 4) is 0 Å². The van der Waals surface area contributed by atoms with E-state index in [2.05, 4.69) is 10.6 Å². The zero-order valence-corrected chi connectivity index (χ0v) is 15.2. The molecule has 3 unspecified atom stereocenters. The molecule has 5 nitrogen and oxygen atoms in total. The lowest BCUT2D eigenvalue weighted by Crippen LogP contribution is -2.43. The molecule has 1 aromatic carbocycles. The Kier molecular flexibility index (Phi) is 7.72. The lowest BCUT2D eigenvalue weighted by atomic mass is 10.0. The van der Waals surface area contributed by atoms with Crippen LogP contribution >= 0.6 is 0 Å². The minimum atomic E-state index is -0.983. The Morgan fingerprint density at radius 2 is 1.87 bits per heavy atom. The van der Waals surface area contributed by atoms with E-state index in [0.29, 0.717) is 18.7 Å². The van der Waals surface area contributed by atoms with Crippen molar-refractivity contribution >= 4 is 16.8 Å². The van der Waals surface area contributed by atoms with Gasteiger partial charge in [0.2, 0.25) is 0 Å². The predicted molar refractivity (Wildman–Crippen MR) is 94.8 cm³/mol. The van der Waals surface area contributed by atoms with E-state index in [4.69, 9.17) is 0 Å². The Labute approximate surface area is 141 Å². The van der Waals surface area contributed by atoms with Gasteiger partial charge in [-0.25, -0.2) is 4.79 Å². The number of hydrogen-bond donors (Lipinski definition) is 3. The summed E-state index contributed by atoms with van der Waals surface area (Å²) in [6, 6.07) is 8.89. The maximum Gasteiger partial charge on any atom is 0.315 e. The maximum atomic E-state index is 11.9. The van der Waals surface area contributed by atoms with Crippen LogP contribution in [-0.2, 0) is 10.8 Å². The molecular weight excluding hydrogens is 312 g/mol. The van der Waals surface area contributed by atoms with Crippen molar-refractivity contribution in [2.45, 2.75) is 51.0 Å². The van der Waals surface area contributed by atoms with Crippen LogP contribution < -0.4 is 10.6 Å². The maximum absolute atomic E-state index is 11.9. The summed E-state index contributed by atoms with van der Waals surface area (Å²) in [5.41, 5.74) is 0.835. The van der Waals surface area contributed by atoms with Gasteiger partial charge in [0.25, 0.3) is 0 Å². The molecule has 1 rings (SSSR count). The van der Waals surface area contributed by atoms with Gasteiger partial charge in [0, 0.05) is 33.9 Å². The molecule has 0 aliphatic rings. The lowest BCUT2D eigenvalue weighted by molar-refractivity contribution is 0.154. The molecule has 0 aromatic heterocycles. The van der Waals surface area contributed by atoms with E-state index in [0.717, 1.165) is 5.56 Å². The number of carbonyl (C=O) groups is 1. The fraction of sp³-hybridized carbons (Fsp3) is 0.588. The van der Waals surface area contributed by atoms with Crippen molar-refractivity contribution in [1.29, 1.82) is 0 Å². The Hall–Kier alpha value is -1.40. The predicted octanol–water partition coefficient (Wildman–Crippen LogP) is 2.34. The lowest BCUT2D eigenvalue weighted by Gasteiger charge is -2.20. The molecule has 0 radical (unpaired) electrons. The molecule has 0 saturated carbocycles. The van der Waals surface area contributed by atoms with Gasteiger partial charge < -0.3 is 15.7 Å². The number of aliphatic hydroxyl groups excluding tert-OH is 1. The molecule has 0 heterocycles. The summed E-state index contributed by atoms with van der Waals surface area (Å²) < 4.78 is 11.6. The van der Waals surface area contributed by atoms with Gasteiger partial charge in [0.05, 0.1) is 6.10 Å². The van der Waals surface area contributed by atoms with E-state index in [1.54, 1.807) is 0 Å². The van der Waals surface area contributed by atoms with Crippen LogP contribution in [0.3, 0.4) is 0 Å². The highest BCUT2D eigenvalue weighted by atomic mass is 32.2. The largest absolute Gasteiger partial charge is 0.388 e. The van der Waals surface area contributed by atoms with Crippen molar-refractivity contribution in [1.82, 2.24) is 10.6 Å². The van der Waals surface area contributed by atoms with Crippen LogP contribution in [0.15, 0.2) is 30.3 Å². The Bertz CT molecular complexity index is 514. The van der Waals surface area contributed by atoms with E-state index < -0.39 is 16.9 Å². The minimum absolute atomic E-state index is 0.168. The second-order valence-corrected chi connectivity index (χ2v) is 8.95.